The Kier molecular flexibility index (Phi) is 7.38. The van der Waals surface area contributed by atoms with Gasteiger partial charge in [0.2, 0.25) is 0 Å². The molecule has 148 valence electrons. The molecule has 0 saturated heterocycles. The molecule has 0 radical (unpaired) electrons. The zero-order chi connectivity index (χ0) is 20.6. The minimum Gasteiger partial charge on any atom is -0.492 e. The summed E-state index contributed by atoms with van der Waals surface area (Å²) in [6.07, 6.45) is 0.814. The third kappa shape index (κ3) is 6.41. The molecule has 0 unspecified atom stereocenters. The number of ether oxygens (including phenoxy) is 1. The van der Waals surface area contributed by atoms with Gasteiger partial charge in [0.15, 0.2) is 5.11 Å². The molecule has 4 nitrogen and oxygen atoms in total. The van der Waals surface area contributed by atoms with Gasteiger partial charge in [-0.3, -0.25) is 10.1 Å². The predicted octanol–water partition coefficient (Wildman–Crippen LogP) is 5.51. The molecule has 0 fully saturated rings. The molecule has 0 spiro atoms. The van der Waals surface area contributed by atoms with Crippen molar-refractivity contribution >= 4 is 44.9 Å². The number of amides is 1. The molecule has 3 aromatic rings. The Morgan fingerprint density at radius 3 is 2.45 bits per heavy atom. The lowest BCUT2D eigenvalue weighted by molar-refractivity contribution is 0.0977. The molecule has 3 aromatic carbocycles. The highest BCUT2D eigenvalue weighted by Crippen LogP contribution is 2.26. The Labute approximate surface area is 184 Å². The van der Waals surface area contributed by atoms with Gasteiger partial charge < -0.3 is 10.1 Å². The van der Waals surface area contributed by atoms with Crippen molar-refractivity contribution in [2.24, 2.45) is 0 Å². The first kappa shape index (κ1) is 21.0. The van der Waals surface area contributed by atoms with E-state index in [1.807, 2.05) is 49.4 Å². The highest BCUT2D eigenvalue weighted by atomic mass is 79.9. The third-order valence-electron chi connectivity index (χ3n) is 4.22. The third-order valence-corrected chi connectivity index (χ3v) is 5.05. The number of hydrogen-bond acceptors (Lipinski definition) is 3. The van der Waals surface area contributed by atoms with Crippen molar-refractivity contribution in [3.63, 3.8) is 0 Å². The summed E-state index contributed by atoms with van der Waals surface area (Å²) in [7, 11) is 0. The molecular formula is C23H21BrN2O2S. The summed E-state index contributed by atoms with van der Waals surface area (Å²) < 4.78 is 6.55. The second-order valence-corrected chi connectivity index (χ2v) is 7.77. The minimum absolute atomic E-state index is 0.248. The Bertz CT molecular complexity index is 992. The Hall–Kier alpha value is -2.70. The number of carbonyl (C=O) groups is 1. The van der Waals surface area contributed by atoms with E-state index in [0.29, 0.717) is 17.9 Å². The highest BCUT2D eigenvalue weighted by Gasteiger charge is 2.11. The number of benzene rings is 3. The molecule has 0 aliphatic carbocycles. The summed E-state index contributed by atoms with van der Waals surface area (Å²) in [5.74, 6) is 0.406. The average Bonchev–Trinajstić information content (AvgIpc) is 2.71. The van der Waals surface area contributed by atoms with E-state index in [2.05, 4.69) is 38.7 Å². The van der Waals surface area contributed by atoms with Gasteiger partial charge in [-0.1, -0.05) is 48.0 Å². The summed E-state index contributed by atoms with van der Waals surface area (Å²) in [4.78, 5) is 12.5. The predicted molar refractivity (Wildman–Crippen MR) is 125 cm³/mol. The van der Waals surface area contributed by atoms with E-state index >= 15 is 0 Å². The lowest BCUT2D eigenvalue weighted by Gasteiger charge is -2.12. The van der Waals surface area contributed by atoms with E-state index in [1.165, 1.54) is 5.56 Å². The molecule has 29 heavy (non-hydrogen) atoms. The number of aryl methyl sites for hydroxylation is 1. The first-order valence-corrected chi connectivity index (χ1v) is 10.4. The van der Waals surface area contributed by atoms with Gasteiger partial charge in [0.25, 0.3) is 5.91 Å². The lowest BCUT2D eigenvalue weighted by Crippen LogP contribution is -2.34. The minimum atomic E-state index is -0.286. The summed E-state index contributed by atoms with van der Waals surface area (Å²) in [6.45, 7) is 2.56. The lowest BCUT2D eigenvalue weighted by atomic mass is 10.2. The quantitative estimate of drug-likeness (QED) is 0.468. The van der Waals surface area contributed by atoms with Crippen molar-refractivity contribution in [2.75, 3.05) is 11.9 Å². The van der Waals surface area contributed by atoms with Crippen LogP contribution in [0, 0.1) is 6.92 Å². The van der Waals surface area contributed by atoms with Crippen molar-refractivity contribution in [1.29, 1.82) is 0 Å². The van der Waals surface area contributed by atoms with Crippen LogP contribution in [0.5, 0.6) is 5.75 Å². The van der Waals surface area contributed by atoms with E-state index in [4.69, 9.17) is 17.0 Å². The topological polar surface area (TPSA) is 50.4 Å². The first-order chi connectivity index (χ1) is 14.0. The monoisotopic (exact) mass is 468 g/mol. The molecule has 0 aliphatic heterocycles. The maximum atomic E-state index is 12.5. The normalized spacial score (nSPS) is 10.3. The molecular weight excluding hydrogens is 448 g/mol. The average molecular weight is 469 g/mol. The van der Waals surface area contributed by atoms with Gasteiger partial charge in [0.05, 0.1) is 11.1 Å². The SMILES string of the molecule is Cc1ccc(NC(=S)NC(=O)c2ccc(OCCc3ccccc3)c(Br)c2)cc1. The van der Waals surface area contributed by atoms with Crippen LogP contribution in [0.25, 0.3) is 0 Å². The second kappa shape index (κ2) is 10.2. The molecule has 0 atom stereocenters. The maximum Gasteiger partial charge on any atom is 0.257 e. The van der Waals surface area contributed by atoms with Crippen molar-refractivity contribution in [3.8, 4) is 5.75 Å². The van der Waals surface area contributed by atoms with E-state index in [9.17, 15) is 4.79 Å². The number of halogens is 1. The highest BCUT2D eigenvalue weighted by molar-refractivity contribution is 9.10. The largest absolute Gasteiger partial charge is 0.492 e. The number of hydrogen-bond donors (Lipinski definition) is 2. The van der Waals surface area contributed by atoms with Gasteiger partial charge in [-0.15, -0.1) is 0 Å². The maximum absolute atomic E-state index is 12.5. The van der Waals surface area contributed by atoms with E-state index in [-0.39, 0.29) is 11.0 Å². The zero-order valence-corrected chi connectivity index (χ0v) is 18.3. The Morgan fingerprint density at radius 1 is 1.03 bits per heavy atom. The van der Waals surface area contributed by atoms with Gasteiger partial charge in [-0.2, -0.15) is 0 Å². The summed E-state index contributed by atoms with van der Waals surface area (Å²) in [5.41, 5.74) is 3.68. The number of thiocarbonyl (C=S) groups is 1. The fraction of sp³-hybridized carbons (Fsp3) is 0.130. The van der Waals surface area contributed by atoms with Crippen LogP contribution >= 0.6 is 28.1 Å². The summed E-state index contributed by atoms with van der Waals surface area (Å²) in [6, 6.07) is 23.1. The molecule has 0 bridgehead atoms. The van der Waals surface area contributed by atoms with Crippen LogP contribution in [0.4, 0.5) is 5.69 Å². The fourth-order valence-corrected chi connectivity index (χ4v) is 3.36. The van der Waals surface area contributed by atoms with Crippen LogP contribution in [0.1, 0.15) is 21.5 Å². The zero-order valence-electron chi connectivity index (χ0n) is 15.9. The number of nitrogens with one attached hydrogen (secondary N) is 2. The van der Waals surface area contributed by atoms with Crippen molar-refractivity contribution in [2.45, 2.75) is 13.3 Å². The van der Waals surface area contributed by atoms with Crippen LogP contribution in [0.3, 0.4) is 0 Å². The molecule has 0 aliphatic rings. The van der Waals surface area contributed by atoms with Gasteiger partial charge in [-0.25, -0.2) is 0 Å². The van der Waals surface area contributed by atoms with Gasteiger partial charge in [0.1, 0.15) is 5.75 Å². The molecule has 0 aromatic heterocycles. The van der Waals surface area contributed by atoms with Gasteiger partial charge in [0, 0.05) is 17.7 Å². The van der Waals surface area contributed by atoms with Crippen LogP contribution in [-0.2, 0) is 6.42 Å². The fourth-order valence-electron chi connectivity index (χ4n) is 2.66. The van der Waals surface area contributed by atoms with Crippen LogP contribution in [0.2, 0.25) is 0 Å². The molecule has 0 heterocycles. The number of carbonyl (C=O) groups excluding carboxylic acids is 1. The van der Waals surface area contributed by atoms with Crippen LogP contribution < -0.4 is 15.4 Å². The van der Waals surface area contributed by atoms with Crippen molar-refractivity contribution < 1.29 is 9.53 Å². The molecule has 0 saturated carbocycles. The molecule has 2 N–H and O–H groups in total. The van der Waals surface area contributed by atoms with E-state index < -0.39 is 0 Å². The molecule has 6 heteroatoms. The van der Waals surface area contributed by atoms with Crippen LogP contribution in [-0.4, -0.2) is 17.6 Å². The van der Waals surface area contributed by atoms with Gasteiger partial charge >= 0.3 is 0 Å². The summed E-state index contributed by atoms with van der Waals surface area (Å²) >= 11 is 8.70. The Morgan fingerprint density at radius 2 is 1.76 bits per heavy atom. The molecule has 3 rings (SSSR count). The smallest absolute Gasteiger partial charge is 0.257 e. The molecule has 1 amide bonds. The first-order valence-electron chi connectivity index (χ1n) is 9.16. The van der Waals surface area contributed by atoms with Gasteiger partial charge in [-0.05, 0) is 71.0 Å². The second-order valence-electron chi connectivity index (χ2n) is 6.50. The number of anilines is 1. The Balaban J connectivity index is 1.53. The van der Waals surface area contributed by atoms with E-state index in [1.54, 1.807) is 18.2 Å². The standard InChI is InChI=1S/C23H21BrN2O2S/c1-16-7-10-19(11-8-16)25-23(29)26-22(27)18-9-12-21(20(24)15-18)28-14-13-17-5-3-2-4-6-17/h2-12,15H,13-14H2,1H3,(H2,25,26,27,29). The van der Waals surface area contributed by atoms with Crippen molar-refractivity contribution in [1.82, 2.24) is 5.32 Å². The van der Waals surface area contributed by atoms with Crippen molar-refractivity contribution in [3.05, 3.63) is 94.0 Å². The number of rotatable bonds is 6. The van der Waals surface area contributed by atoms with Crippen LogP contribution in [0.15, 0.2) is 77.3 Å². The van der Waals surface area contributed by atoms with E-state index in [0.717, 1.165) is 22.1 Å². The summed E-state index contributed by atoms with van der Waals surface area (Å²) in [5, 5.41) is 5.94.